The first-order valence-electron chi connectivity index (χ1n) is 7.31. The van der Waals surface area contributed by atoms with Crippen molar-refractivity contribution in [3.8, 4) is 5.75 Å². The average molecular weight is 289 g/mol. The predicted molar refractivity (Wildman–Crippen MR) is 82.9 cm³/mol. The van der Waals surface area contributed by atoms with Gasteiger partial charge in [-0.25, -0.2) is 4.79 Å². The Labute approximate surface area is 126 Å². The van der Waals surface area contributed by atoms with Gasteiger partial charge in [0.15, 0.2) is 0 Å². The van der Waals surface area contributed by atoms with Crippen molar-refractivity contribution in [1.29, 1.82) is 0 Å². The maximum atomic E-state index is 11.7. The summed E-state index contributed by atoms with van der Waals surface area (Å²) in [6, 6.07) is 5.97. The third-order valence-corrected chi connectivity index (χ3v) is 4.87. The molecule has 0 N–H and O–H groups in total. The molecule has 114 valence electrons. The molecule has 1 aromatic rings. The van der Waals surface area contributed by atoms with Gasteiger partial charge in [-0.2, -0.15) is 0 Å². The smallest absolute Gasteiger partial charge is 0.410 e. The number of rotatable bonds is 1. The summed E-state index contributed by atoms with van der Waals surface area (Å²) >= 11 is 0. The molecule has 0 saturated carbocycles. The van der Waals surface area contributed by atoms with Crippen molar-refractivity contribution in [3.05, 3.63) is 23.8 Å². The fourth-order valence-electron chi connectivity index (χ4n) is 3.81. The highest BCUT2D eigenvalue weighted by molar-refractivity contribution is 5.72. The number of carbonyl (C=O) groups is 1. The lowest BCUT2D eigenvalue weighted by Gasteiger charge is -2.32. The first-order valence-corrected chi connectivity index (χ1v) is 7.31. The summed E-state index contributed by atoms with van der Waals surface area (Å²) in [6.07, 6.45) is 1.16. The molecule has 0 aromatic heterocycles. The maximum Gasteiger partial charge on any atom is 0.414 e. The van der Waals surface area contributed by atoms with Crippen LogP contribution in [0.1, 0.15) is 18.9 Å². The predicted octanol–water partition coefficient (Wildman–Crippen LogP) is 2.12. The summed E-state index contributed by atoms with van der Waals surface area (Å²) < 4.78 is 5.41. The van der Waals surface area contributed by atoms with Crippen LogP contribution in [0.25, 0.3) is 0 Å². The van der Waals surface area contributed by atoms with E-state index in [0.717, 1.165) is 13.0 Å². The number of anilines is 1. The van der Waals surface area contributed by atoms with Crippen LogP contribution in [0.3, 0.4) is 0 Å². The van der Waals surface area contributed by atoms with Crippen molar-refractivity contribution in [2.45, 2.75) is 24.9 Å². The van der Waals surface area contributed by atoms with E-state index in [4.69, 9.17) is 4.74 Å². The lowest BCUT2D eigenvalue weighted by Crippen LogP contribution is -2.45. The number of ether oxygens (including phenoxy) is 1. The van der Waals surface area contributed by atoms with Gasteiger partial charge in [0.25, 0.3) is 0 Å². The number of likely N-dealkylation sites (tertiary alicyclic amines) is 1. The van der Waals surface area contributed by atoms with Crippen LogP contribution in [0, 0.1) is 0 Å². The molecule has 0 radical (unpaired) electrons. The second-order valence-electron chi connectivity index (χ2n) is 6.57. The highest BCUT2D eigenvalue weighted by Gasteiger charge is 2.52. The normalized spacial score (nSPS) is 27.5. The lowest BCUT2D eigenvalue weighted by atomic mass is 9.81. The van der Waals surface area contributed by atoms with Crippen molar-refractivity contribution < 1.29 is 9.53 Å². The monoisotopic (exact) mass is 289 g/mol. The standard InChI is InChI=1S/C16H23N3O2/c1-16-8-9-18(4)14(16)19(5)13-7-6-11(10-12(13)16)21-15(20)17(2)3/h6-7,10,14H,8-9H2,1-5H3/t14?,16-/m0/s1. The summed E-state index contributed by atoms with van der Waals surface area (Å²) in [5.74, 6) is 0.622. The molecule has 2 atom stereocenters. The van der Waals surface area contributed by atoms with Gasteiger partial charge in [0.1, 0.15) is 5.75 Å². The minimum atomic E-state index is -0.341. The van der Waals surface area contributed by atoms with E-state index < -0.39 is 0 Å². The van der Waals surface area contributed by atoms with Crippen LogP contribution in [-0.2, 0) is 5.41 Å². The topological polar surface area (TPSA) is 36.0 Å². The molecule has 2 heterocycles. The third-order valence-electron chi connectivity index (χ3n) is 4.87. The summed E-state index contributed by atoms with van der Waals surface area (Å²) in [7, 11) is 7.69. The second-order valence-corrected chi connectivity index (χ2v) is 6.57. The van der Waals surface area contributed by atoms with Crippen molar-refractivity contribution in [3.63, 3.8) is 0 Å². The van der Waals surface area contributed by atoms with Gasteiger partial charge in [-0.3, -0.25) is 4.90 Å². The first kappa shape index (κ1) is 14.2. The molecule has 1 fully saturated rings. The number of likely N-dealkylation sites (N-methyl/N-ethyl adjacent to an activating group) is 2. The Bertz CT molecular complexity index is 587. The molecule has 1 amide bonds. The fraction of sp³-hybridized carbons (Fsp3) is 0.562. The van der Waals surface area contributed by atoms with Crippen LogP contribution in [0.4, 0.5) is 10.5 Å². The molecule has 1 unspecified atom stereocenters. The van der Waals surface area contributed by atoms with Gasteiger partial charge in [-0.15, -0.1) is 0 Å². The molecule has 2 aliphatic rings. The van der Waals surface area contributed by atoms with Crippen molar-refractivity contribution in [2.24, 2.45) is 0 Å². The first-order chi connectivity index (χ1) is 9.84. The van der Waals surface area contributed by atoms with E-state index in [9.17, 15) is 4.79 Å². The molecular weight excluding hydrogens is 266 g/mol. The van der Waals surface area contributed by atoms with E-state index in [1.165, 1.54) is 16.2 Å². The van der Waals surface area contributed by atoms with Gasteiger partial charge < -0.3 is 14.5 Å². The quantitative estimate of drug-likeness (QED) is 0.793. The SMILES string of the molecule is CN(C)C(=O)Oc1ccc2c(c1)[C@]1(C)CCN(C)C1N2C. The number of carbonyl (C=O) groups excluding carboxylic acids is 1. The van der Waals surface area contributed by atoms with Gasteiger partial charge in [0.05, 0.1) is 6.17 Å². The maximum absolute atomic E-state index is 11.7. The summed E-state index contributed by atoms with van der Waals surface area (Å²) in [4.78, 5) is 17.9. The molecule has 21 heavy (non-hydrogen) atoms. The number of nitrogens with zero attached hydrogens (tertiary/aromatic N) is 3. The molecule has 5 heteroatoms. The highest BCUT2D eigenvalue weighted by Crippen LogP contribution is 2.51. The van der Waals surface area contributed by atoms with Crippen molar-refractivity contribution >= 4 is 11.8 Å². The summed E-state index contributed by atoms with van der Waals surface area (Å²) in [5.41, 5.74) is 2.61. The highest BCUT2D eigenvalue weighted by atomic mass is 16.6. The van der Waals surface area contributed by atoms with E-state index in [1.54, 1.807) is 14.1 Å². The Morgan fingerprint density at radius 2 is 2.10 bits per heavy atom. The molecule has 5 nitrogen and oxygen atoms in total. The number of hydrogen-bond donors (Lipinski definition) is 0. The van der Waals surface area contributed by atoms with Crippen LogP contribution in [-0.4, -0.2) is 56.8 Å². The molecule has 0 bridgehead atoms. The summed E-state index contributed by atoms with van der Waals surface area (Å²) in [6.45, 7) is 3.40. The lowest BCUT2D eigenvalue weighted by molar-refractivity contribution is 0.172. The van der Waals surface area contributed by atoms with Crippen LogP contribution in [0.5, 0.6) is 5.75 Å². The zero-order valence-electron chi connectivity index (χ0n) is 13.4. The van der Waals surface area contributed by atoms with Crippen LogP contribution in [0.15, 0.2) is 18.2 Å². The van der Waals surface area contributed by atoms with Crippen LogP contribution in [0.2, 0.25) is 0 Å². The third kappa shape index (κ3) is 1.99. The molecule has 0 spiro atoms. The van der Waals surface area contributed by atoms with Crippen LogP contribution < -0.4 is 9.64 Å². The number of amides is 1. The zero-order chi connectivity index (χ0) is 15.4. The Balaban J connectivity index is 1.97. The van der Waals surface area contributed by atoms with Gasteiger partial charge in [0.2, 0.25) is 0 Å². The average Bonchev–Trinajstić information content (AvgIpc) is 2.85. The van der Waals surface area contributed by atoms with Gasteiger partial charge in [-0.05, 0) is 37.2 Å². The van der Waals surface area contributed by atoms with Gasteiger partial charge in [0, 0.05) is 38.8 Å². The Hall–Kier alpha value is -1.75. The number of hydrogen-bond acceptors (Lipinski definition) is 4. The second kappa shape index (κ2) is 4.63. The van der Waals surface area contributed by atoms with E-state index >= 15 is 0 Å². The molecule has 2 aliphatic heterocycles. The molecule has 1 aromatic carbocycles. The minimum absolute atomic E-state index is 0.0966. The molecule has 3 rings (SSSR count). The van der Waals surface area contributed by atoms with Crippen LogP contribution >= 0.6 is 0 Å². The van der Waals surface area contributed by atoms with Crippen molar-refractivity contribution in [1.82, 2.24) is 9.80 Å². The number of benzene rings is 1. The van der Waals surface area contributed by atoms with E-state index in [1.807, 2.05) is 12.1 Å². The van der Waals surface area contributed by atoms with E-state index in [0.29, 0.717) is 11.9 Å². The molecule has 0 aliphatic carbocycles. The van der Waals surface area contributed by atoms with E-state index in [-0.39, 0.29) is 11.5 Å². The van der Waals surface area contributed by atoms with Gasteiger partial charge >= 0.3 is 6.09 Å². The number of fused-ring (bicyclic) bond motifs is 3. The van der Waals surface area contributed by atoms with Crippen molar-refractivity contribution in [2.75, 3.05) is 39.6 Å². The molecular formula is C16H23N3O2. The minimum Gasteiger partial charge on any atom is -0.410 e. The largest absolute Gasteiger partial charge is 0.414 e. The fourth-order valence-corrected chi connectivity index (χ4v) is 3.81. The van der Waals surface area contributed by atoms with E-state index in [2.05, 4.69) is 36.9 Å². The molecule has 1 saturated heterocycles. The van der Waals surface area contributed by atoms with Gasteiger partial charge in [-0.1, -0.05) is 6.92 Å². The zero-order valence-corrected chi connectivity index (χ0v) is 13.4. The Kier molecular flexibility index (Phi) is 3.13. The Morgan fingerprint density at radius 3 is 2.76 bits per heavy atom. The summed E-state index contributed by atoms with van der Waals surface area (Å²) in [5, 5.41) is 0. The Morgan fingerprint density at radius 1 is 1.38 bits per heavy atom.